The molecular weight excluding hydrogens is 150 g/mol. The zero-order valence-electron chi connectivity index (χ0n) is 8.26. The summed E-state index contributed by atoms with van der Waals surface area (Å²) in [6.07, 6.45) is 0. The third-order valence-electron chi connectivity index (χ3n) is 2.17. The molecule has 0 amide bonds. The Balaban J connectivity index is 3.17. The van der Waals surface area contributed by atoms with E-state index in [1.807, 2.05) is 11.6 Å². The van der Waals surface area contributed by atoms with E-state index in [0.717, 1.165) is 5.69 Å². The van der Waals surface area contributed by atoms with Crippen LogP contribution in [0.4, 0.5) is 0 Å². The van der Waals surface area contributed by atoms with E-state index in [9.17, 15) is 0 Å². The minimum absolute atomic E-state index is 0.420. The molecule has 0 aliphatic rings. The Kier molecular flexibility index (Phi) is 2.52. The van der Waals surface area contributed by atoms with Crippen LogP contribution in [-0.4, -0.2) is 9.78 Å². The molecule has 0 radical (unpaired) electrons. The van der Waals surface area contributed by atoms with Gasteiger partial charge in [0.2, 0.25) is 0 Å². The number of nitrogens with zero attached hydrogens (tertiary/aromatic N) is 2. The molecule has 68 valence electrons. The van der Waals surface area contributed by atoms with Gasteiger partial charge in [0.25, 0.3) is 0 Å². The lowest BCUT2D eigenvalue weighted by molar-refractivity contribution is 0.515. The summed E-state index contributed by atoms with van der Waals surface area (Å²) in [6, 6.07) is 0.420. The molecule has 1 aromatic rings. The van der Waals surface area contributed by atoms with E-state index in [1.165, 1.54) is 11.3 Å². The summed E-state index contributed by atoms with van der Waals surface area (Å²) in [5.74, 6) is 0. The highest BCUT2D eigenvalue weighted by Gasteiger charge is 2.10. The second-order valence-corrected chi connectivity index (χ2v) is 3.39. The van der Waals surface area contributed by atoms with Gasteiger partial charge < -0.3 is 5.73 Å². The lowest BCUT2D eigenvalue weighted by atomic mass is 10.2. The van der Waals surface area contributed by atoms with Gasteiger partial charge in [0, 0.05) is 23.8 Å². The smallest absolute Gasteiger partial charge is 0.0641 e. The molecule has 0 unspecified atom stereocenters. The van der Waals surface area contributed by atoms with E-state index in [0.29, 0.717) is 12.6 Å². The normalized spacial score (nSPS) is 11.2. The fourth-order valence-corrected chi connectivity index (χ4v) is 1.50. The topological polar surface area (TPSA) is 43.8 Å². The number of hydrogen-bond acceptors (Lipinski definition) is 2. The van der Waals surface area contributed by atoms with Crippen molar-refractivity contribution < 1.29 is 0 Å². The molecule has 1 rings (SSSR count). The molecule has 0 saturated carbocycles. The first-order valence-corrected chi connectivity index (χ1v) is 4.32. The second-order valence-electron chi connectivity index (χ2n) is 3.39. The Labute approximate surface area is 73.6 Å². The first kappa shape index (κ1) is 9.26. The van der Waals surface area contributed by atoms with E-state index in [2.05, 4.69) is 25.9 Å². The summed E-state index contributed by atoms with van der Waals surface area (Å²) in [4.78, 5) is 0. The molecule has 0 aliphatic carbocycles. The number of rotatable bonds is 2. The SMILES string of the molecule is Cc1nn(C(C)C)c(C)c1CN. The maximum Gasteiger partial charge on any atom is 0.0641 e. The Morgan fingerprint density at radius 2 is 2.00 bits per heavy atom. The molecule has 3 heteroatoms. The minimum Gasteiger partial charge on any atom is -0.326 e. The standard InChI is InChI=1S/C9H17N3/c1-6(2)12-8(4)9(5-10)7(3)11-12/h6H,5,10H2,1-4H3. The first-order valence-electron chi connectivity index (χ1n) is 4.32. The van der Waals surface area contributed by atoms with Gasteiger partial charge in [-0.15, -0.1) is 0 Å². The van der Waals surface area contributed by atoms with Gasteiger partial charge in [-0.1, -0.05) is 0 Å². The Bertz CT molecular complexity index is 274. The number of nitrogens with two attached hydrogens (primary N) is 1. The largest absolute Gasteiger partial charge is 0.326 e. The third-order valence-corrected chi connectivity index (χ3v) is 2.17. The highest BCUT2D eigenvalue weighted by Crippen LogP contribution is 2.15. The van der Waals surface area contributed by atoms with Crippen LogP contribution in [0.3, 0.4) is 0 Å². The number of hydrogen-bond donors (Lipinski definition) is 1. The van der Waals surface area contributed by atoms with Gasteiger partial charge >= 0.3 is 0 Å². The molecule has 1 heterocycles. The highest BCUT2D eigenvalue weighted by molar-refractivity contribution is 5.24. The van der Waals surface area contributed by atoms with Crippen molar-refractivity contribution in [1.29, 1.82) is 0 Å². The maximum absolute atomic E-state index is 5.61. The fourth-order valence-electron chi connectivity index (χ4n) is 1.50. The highest BCUT2D eigenvalue weighted by atomic mass is 15.3. The molecule has 3 nitrogen and oxygen atoms in total. The van der Waals surface area contributed by atoms with E-state index in [-0.39, 0.29) is 0 Å². The van der Waals surface area contributed by atoms with E-state index in [4.69, 9.17) is 5.73 Å². The van der Waals surface area contributed by atoms with Crippen molar-refractivity contribution in [2.24, 2.45) is 5.73 Å². The van der Waals surface area contributed by atoms with Crippen LogP contribution in [0.2, 0.25) is 0 Å². The molecule has 0 spiro atoms. The molecule has 0 bridgehead atoms. The van der Waals surface area contributed by atoms with Gasteiger partial charge in [0.15, 0.2) is 0 Å². The monoisotopic (exact) mass is 167 g/mol. The van der Waals surface area contributed by atoms with Crippen molar-refractivity contribution in [3.05, 3.63) is 17.0 Å². The first-order chi connectivity index (χ1) is 5.57. The molecule has 12 heavy (non-hydrogen) atoms. The van der Waals surface area contributed by atoms with Crippen LogP contribution in [-0.2, 0) is 6.54 Å². The van der Waals surface area contributed by atoms with Gasteiger partial charge in [0.1, 0.15) is 0 Å². The van der Waals surface area contributed by atoms with Gasteiger partial charge in [-0.25, -0.2) is 0 Å². The van der Waals surface area contributed by atoms with Gasteiger partial charge in [-0.05, 0) is 27.7 Å². The Hall–Kier alpha value is -0.830. The zero-order chi connectivity index (χ0) is 9.30. The van der Waals surface area contributed by atoms with Crippen molar-refractivity contribution in [3.8, 4) is 0 Å². The fraction of sp³-hybridized carbons (Fsp3) is 0.667. The molecule has 0 saturated heterocycles. The lowest BCUT2D eigenvalue weighted by Crippen LogP contribution is -2.06. The van der Waals surface area contributed by atoms with Crippen LogP contribution in [0.5, 0.6) is 0 Å². The van der Waals surface area contributed by atoms with Crippen molar-refractivity contribution in [2.75, 3.05) is 0 Å². The van der Waals surface area contributed by atoms with Gasteiger partial charge in [-0.3, -0.25) is 4.68 Å². The predicted molar refractivity (Wildman–Crippen MR) is 50.0 cm³/mol. The maximum atomic E-state index is 5.61. The van der Waals surface area contributed by atoms with Crippen LogP contribution >= 0.6 is 0 Å². The molecule has 0 atom stereocenters. The van der Waals surface area contributed by atoms with Gasteiger partial charge in [0.05, 0.1) is 5.69 Å². The van der Waals surface area contributed by atoms with Gasteiger partial charge in [-0.2, -0.15) is 5.10 Å². The van der Waals surface area contributed by atoms with Crippen LogP contribution in [0.15, 0.2) is 0 Å². The van der Waals surface area contributed by atoms with Crippen molar-refractivity contribution in [1.82, 2.24) is 9.78 Å². The minimum atomic E-state index is 0.420. The number of aryl methyl sites for hydroxylation is 1. The average Bonchev–Trinajstić information content (AvgIpc) is 2.27. The van der Waals surface area contributed by atoms with Crippen LogP contribution in [0.1, 0.15) is 36.8 Å². The van der Waals surface area contributed by atoms with E-state index >= 15 is 0 Å². The molecule has 1 aromatic heterocycles. The summed E-state index contributed by atoms with van der Waals surface area (Å²) in [5.41, 5.74) is 9.05. The zero-order valence-corrected chi connectivity index (χ0v) is 8.26. The van der Waals surface area contributed by atoms with Crippen molar-refractivity contribution in [2.45, 2.75) is 40.3 Å². The molecular formula is C9H17N3. The quantitative estimate of drug-likeness (QED) is 0.726. The summed E-state index contributed by atoms with van der Waals surface area (Å²) < 4.78 is 2.03. The van der Waals surface area contributed by atoms with E-state index < -0.39 is 0 Å². The van der Waals surface area contributed by atoms with Crippen molar-refractivity contribution >= 4 is 0 Å². The Morgan fingerprint density at radius 1 is 1.42 bits per heavy atom. The number of aromatic nitrogens is 2. The summed E-state index contributed by atoms with van der Waals surface area (Å²) in [7, 11) is 0. The summed E-state index contributed by atoms with van der Waals surface area (Å²) in [5, 5.41) is 4.42. The lowest BCUT2D eigenvalue weighted by Gasteiger charge is -2.07. The van der Waals surface area contributed by atoms with Crippen LogP contribution in [0.25, 0.3) is 0 Å². The summed E-state index contributed by atoms with van der Waals surface area (Å²) >= 11 is 0. The molecule has 0 fully saturated rings. The molecule has 0 aromatic carbocycles. The van der Waals surface area contributed by atoms with Crippen LogP contribution < -0.4 is 5.73 Å². The van der Waals surface area contributed by atoms with Crippen molar-refractivity contribution in [3.63, 3.8) is 0 Å². The van der Waals surface area contributed by atoms with Crippen LogP contribution in [0, 0.1) is 13.8 Å². The Morgan fingerprint density at radius 3 is 2.25 bits per heavy atom. The molecule has 0 aliphatic heterocycles. The summed E-state index contributed by atoms with van der Waals surface area (Å²) in [6.45, 7) is 8.92. The average molecular weight is 167 g/mol. The predicted octanol–water partition coefficient (Wildman–Crippen LogP) is 1.54. The third kappa shape index (κ3) is 1.37. The molecule has 2 N–H and O–H groups in total. The second kappa shape index (κ2) is 3.27. The van der Waals surface area contributed by atoms with E-state index in [1.54, 1.807) is 0 Å².